The predicted octanol–water partition coefficient (Wildman–Crippen LogP) is 3.37. The average molecular weight is 240 g/mol. The summed E-state index contributed by atoms with van der Waals surface area (Å²) < 4.78 is 0. The van der Waals surface area contributed by atoms with Gasteiger partial charge in [-0.05, 0) is 36.8 Å². The standard InChI is InChI=1S/C12H18ClN3/c1-3-9-4-5-10(8(9)2)14-12-7-6-11(13)15-16-12/h6-10H,3-5H2,1-2H3,(H,14,16). The fourth-order valence-corrected chi connectivity index (χ4v) is 2.71. The first-order valence-electron chi connectivity index (χ1n) is 5.96. The Hall–Kier alpha value is -0.830. The molecule has 4 heteroatoms. The molecule has 1 aromatic heterocycles. The van der Waals surface area contributed by atoms with Gasteiger partial charge in [0.05, 0.1) is 0 Å². The van der Waals surface area contributed by atoms with Crippen LogP contribution in [0.1, 0.15) is 33.1 Å². The number of aromatic nitrogens is 2. The first-order valence-corrected chi connectivity index (χ1v) is 6.34. The van der Waals surface area contributed by atoms with Gasteiger partial charge in [0.2, 0.25) is 0 Å². The molecule has 0 aromatic carbocycles. The van der Waals surface area contributed by atoms with Crippen LogP contribution in [-0.2, 0) is 0 Å². The van der Waals surface area contributed by atoms with Crippen molar-refractivity contribution in [2.45, 2.75) is 39.2 Å². The number of hydrogen-bond acceptors (Lipinski definition) is 3. The molecule has 0 amide bonds. The highest BCUT2D eigenvalue weighted by Gasteiger charge is 2.31. The highest BCUT2D eigenvalue weighted by Crippen LogP contribution is 2.35. The zero-order valence-electron chi connectivity index (χ0n) is 9.78. The average Bonchev–Trinajstić information content (AvgIpc) is 2.63. The predicted molar refractivity (Wildman–Crippen MR) is 66.6 cm³/mol. The fourth-order valence-electron chi connectivity index (χ4n) is 2.61. The number of nitrogens with zero attached hydrogens (tertiary/aromatic N) is 2. The quantitative estimate of drug-likeness (QED) is 0.879. The molecule has 88 valence electrons. The molecule has 3 unspecified atom stereocenters. The van der Waals surface area contributed by atoms with E-state index in [9.17, 15) is 0 Å². The molecule has 1 N–H and O–H groups in total. The number of anilines is 1. The normalized spacial score (nSPS) is 29.3. The van der Waals surface area contributed by atoms with Crippen molar-refractivity contribution in [3.63, 3.8) is 0 Å². The number of nitrogens with one attached hydrogen (secondary N) is 1. The van der Waals surface area contributed by atoms with Gasteiger partial charge in [-0.3, -0.25) is 0 Å². The van der Waals surface area contributed by atoms with E-state index >= 15 is 0 Å². The van der Waals surface area contributed by atoms with Crippen LogP contribution in [0.2, 0.25) is 5.15 Å². The van der Waals surface area contributed by atoms with Gasteiger partial charge in [-0.2, -0.15) is 0 Å². The van der Waals surface area contributed by atoms with E-state index in [4.69, 9.17) is 11.6 Å². The molecule has 1 fully saturated rings. The van der Waals surface area contributed by atoms with Crippen LogP contribution in [0, 0.1) is 11.8 Å². The van der Waals surface area contributed by atoms with Crippen molar-refractivity contribution in [3.8, 4) is 0 Å². The van der Waals surface area contributed by atoms with Gasteiger partial charge in [0, 0.05) is 6.04 Å². The molecule has 0 saturated heterocycles. The lowest BCUT2D eigenvalue weighted by atomic mass is 9.93. The van der Waals surface area contributed by atoms with Gasteiger partial charge in [0.25, 0.3) is 0 Å². The summed E-state index contributed by atoms with van der Waals surface area (Å²) in [5, 5.41) is 11.8. The molecule has 0 radical (unpaired) electrons. The maximum atomic E-state index is 5.70. The second kappa shape index (κ2) is 5.00. The third-order valence-corrected chi connectivity index (χ3v) is 3.92. The van der Waals surface area contributed by atoms with Crippen LogP contribution >= 0.6 is 11.6 Å². The third kappa shape index (κ3) is 2.46. The lowest BCUT2D eigenvalue weighted by molar-refractivity contribution is 0.391. The summed E-state index contributed by atoms with van der Waals surface area (Å²) in [4.78, 5) is 0. The third-order valence-electron chi connectivity index (χ3n) is 3.72. The van der Waals surface area contributed by atoms with E-state index in [0.29, 0.717) is 17.1 Å². The summed E-state index contributed by atoms with van der Waals surface area (Å²) in [7, 11) is 0. The van der Waals surface area contributed by atoms with Crippen LogP contribution in [0.3, 0.4) is 0 Å². The highest BCUT2D eigenvalue weighted by molar-refractivity contribution is 6.29. The van der Waals surface area contributed by atoms with E-state index in [1.54, 1.807) is 6.07 Å². The number of hydrogen-bond donors (Lipinski definition) is 1. The molecule has 0 bridgehead atoms. The molecule has 1 heterocycles. The molecule has 1 saturated carbocycles. The van der Waals surface area contributed by atoms with Gasteiger partial charge in [0.1, 0.15) is 5.82 Å². The van der Waals surface area contributed by atoms with E-state index < -0.39 is 0 Å². The Morgan fingerprint density at radius 2 is 2.19 bits per heavy atom. The second-order valence-electron chi connectivity index (χ2n) is 4.60. The van der Waals surface area contributed by atoms with Crippen molar-refractivity contribution < 1.29 is 0 Å². The molecule has 3 nitrogen and oxygen atoms in total. The summed E-state index contributed by atoms with van der Waals surface area (Å²) in [5.74, 6) is 2.39. The van der Waals surface area contributed by atoms with E-state index in [0.717, 1.165) is 11.7 Å². The van der Waals surface area contributed by atoms with E-state index in [1.165, 1.54) is 19.3 Å². The van der Waals surface area contributed by atoms with E-state index in [1.807, 2.05) is 6.07 Å². The zero-order chi connectivity index (χ0) is 11.5. The molecule has 0 spiro atoms. The number of halogens is 1. The lowest BCUT2D eigenvalue weighted by Crippen LogP contribution is -2.25. The van der Waals surface area contributed by atoms with Crippen molar-refractivity contribution in [3.05, 3.63) is 17.3 Å². The monoisotopic (exact) mass is 239 g/mol. The topological polar surface area (TPSA) is 37.8 Å². The minimum atomic E-state index is 0.441. The molecule has 1 aromatic rings. The largest absolute Gasteiger partial charge is 0.366 e. The van der Waals surface area contributed by atoms with Crippen LogP contribution in [-0.4, -0.2) is 16.2 Å². The van der Waals surface area contributed by atoms with Crippen molar-refractivity contribution in [2.75, 3.05) is 5.32 Å². The minimum absolute atomic E-state index is 0.441. The van der Waals surface area contributed by atoms with Gasteiger partial charge in [0.15, 0.2) is 5.15 Å². The molecule has 3 atom stereocenters. The molecule has 1 aliphatic carbocycles. The molecular formula is C12H18ClN3. The van der Waals surface area contributed by atoms with E-state index in [2.05, 4.69) is 29.4 Å². The first-order chi connectivity index (χ1) is 7.70. The van der Waals surface area contributed by atoms with Crippen LogP contribution in [0.4, 0.5) is 5.82 Å². The zero-order valence-corrected chi connectivity index (χ0v) is 10.5. The number of rotatable bonds is 3. The Balaban J connectivity index is 1.98. The van der Waals surface area contributed by atoms with Gasteiger partial charge in [-0.25, -0.2) is 0 Å². The van der Waals surface area contributed by atoms with Crippen molar-refractivity contribution in [1.82, 2.24) is 10.2 Å². The summed E-state index contributed by atoms with van der Waals surface area (Å²) >= 11 is 5.70. The lowest BCUT2D eigenvalue weighted by Gasteiger charge is -2.21. The summed E-state index contributed by atoms with van der Waals surface area (Å²) in [6, 6.07) is 4.19. The maximum absolute atomic E-state index is 5.70. The van der Waals surface area contributed by atoms with Crippen LogP contribution in [0.5, 0.6) is 0 Å². The maximum Gasteiger partial charge on any atom is 0.151 e. The fraction of sp³-hybridized carbons (Fsp3) is 0.667. The summed E-state index contributed by atoms with van der Waals surface area (Å²) in [6.07, 6.45) is 3.81. The molecule has 1 aliphatic rings. The Morgan fingerprint density at radius 1 is 1.38 bits per heavy atom. The Morgan fingerprint density at radius 3 is 2.75 bits per heavy atom. The van der Waals surface area contributed by atoms with Crippen LogP contribution in [0.25, 0.3) is 0 Å². The van der Waals surface area contributed by atoms with Gasteiger partial charge >= 0.3 is 0 Å². The highest BCUT2D eigenvalue weighted by atomic mass is 35.5. The Kier molecular flexibility index (Phi) is 3.64. The molecule has 2 rings (SSSR count). The van der Waals surface area contributed by atoms with E-state index in [-0.39, 0.29) is 0 Å². The summed E-state index contributed by atoms with van der Waals surface area (Å²) in [5.41, 5.74) is 0. The molecule has 0 aliphatic heterocycles. The van der Waals surface area contributed by atoms with Gasteiger partial charge in [-0.15, -0.1) is 10.2 Å². The van der Waals surface area contributed by atoms with Gasteiger partial charge < -0.3 is 5.32 Å². The van der Waals surface area contributed by atoms with Crippen molar-refractivity contribution in [2.24, 2.45) is 11.8 Å². The Bertz CT molecular complexity index is 339. The molecule has 16 heavy (non-hydrogen) atoms. The smallest absolute Gasteiger partial charge is 0.151 e. The van der Waals surface area contributed by atoms with Gasteiger partial charge in [-0.1, -0.05) is 31.9 Å². The van der Waals surface area contributed by atoms with Crippen LogP contribution in [0.15, 0.2) is 12.1 Å². The van der Waals surface area contributed by atoms with Crippen molar-refractivity contribution >= 4 is 17.4 Å². The first kappa shape index (κ1) is 11.6. The molecular weight excluding hydrogens is 222 g/mol. The van der Waals surface area contributed by atoms with Crippen LogP contribution < -0.4 is 5.32 Å². The minimum Gasteiger partial charge on any atom is -0.366 e. The SMILES string of the molecule is CCC1CCC(Nc2ccc(Cl)nn2)C1C. The second-order valence-corrected chi connectivity index (χ2v) is 4.98. The van der Waals surface area contributed by atoms with Crippen molar-refractivity contribution in [1.29, 1.82) is 0 Å². The Labute approximate surface area is 102 Å². The summed E-state index contributed by atoms with van der Waals surface area (Å²) in [6.45, 7) is 4.59.